The molecule has 0 saturated carbocycles. The molecule has 0 aliphatic heterocycles. The van der Waals surface area contributed by atoms with Crippen LogP contribution < -0.4 is 10.1 Å². The van der Waals surface area contributed by atoms with Crippen LogP contribution in [0.1, 0.15) is 16.3 Å². The summed E-state index contributed by atoms with van der Waals surface area (Å²) in [6, 6.07) is 3.40. The normalized spacial score (nSPS) is 11.3. The van der Waals surface area contributed by atoms with Crippen LogP contribution in [0, 0.1) is 0 Å². The number of rotatable bonds is 4. The van der Waals surface area contributed by atoms with E-state index in [1.54, 1.807) is 24.1 Å². The van der Waals surface area contributed by atoms with Crippen molar-refractivity contribution in [1.82, 2.24) is 24.5 Å². The molecule has 3 rings (SSSR count). The predicted octanol–water partition coefficient (Wildman–Crippen LogP) is 2.55. The number of hydrogen-bond donors (Lipinski definition) is 1. The van der Waals surface area contributed by atoms with Gasteiger partial charge in [-0.3, -0.25) is 4.79 Å². The van der Waals surface area contributed by atoms with Gasteiger partial charge in [-0.15, -0.1) is 0 Å². The topological polar surface area (TPSA) is 94.8 Å². The Balaban J connectivity index is 1.87. The molecular formula is C16H13F3N6O2. The van der Waals surface area contributed by atoms with E-state index in [-0.39, 0.29) is 17.4 Å². The van der Waals surface area contributed by atoms with Crippen LogP contribution in [0.5, 0.6) is 5.88 Å². The van der Waals surface area contributed by atoms with Crippen molar-refractivity contribution in [3.63, 3.8) is 0 Å². The van der Waals surface area contributed by atoms with Gasteiger partial charge in [0.2, 0.25) is 11.7 Å². The van der Waals surface area contributed by atoms with E-state index in [0.29, 0.717) is 11.4 Å². The average molecular weight is 378 g/mol. The Bertz CT molecular complexity index is 969. The summed E-state index contributed by atoms with van der Waals surface area (Å²) in [5.41, 5.74) is 0.0385. The minimum absolute atomic E-state index is 0.0708. The molecule has 140 valence electrons. The molecular weight excluding hydrogens is 365 g/mol. The Hall–Kier alpha value is -3.50. The highest BCUT2D eigenvalue weighted by Crippen LogP contribution is 2.28. The Labute approximate surface area is 151 Å². The van der Waals surface area contributed by atoms with Crippen LogP contribution in [0.2, 0.25) is 0 Å². The third-order valence-electron chi connectivity index (χ3n) is 3.51. The standard InChI is InChI=1S/C16H13F3N6O2/c1-25-8-20-7-11(25)10-5-13(27-2)24-14(23-10)15(26)22-9-3-4-12(21-6-9)16(17,18)19/h3-8H,1-2H3,(H,22,26). The van der Waals surface area contributed by atoms with Crippen LogP contribution in [0.25, 0.3) is 11.4 Å². The van der Waals surface area contributed by atoms with Gasteiger partial charge in [0.15, 0.2) is 0 Å². The Kier molecular flexibility index (Phi) is 4.75. The first-order valence-corrected chi connectivity index (χ1v) is 7.52. The second-order valence-electron chi connectivity index (χ2n) is 5.39. The number of carbonyl (C=O) groups is 1. The zero-order chi connectivity index (χ0) is 19.6. The highest BCUT2D eigenvalue weighted by molar-refractivity contribution is 6.01. The highest BCUT2D eigenvalue weighted by Gasteiger charge is 2.32. The number of ether oxygens (including phenoxy) is 1. The number of halogens is 3. The molecule has 0 bridgehead atoms. The monoisotopic (exact) mass is 378 g/mol. The molecule has 1 N–H and O–H groups in total. The third-order valence-corrected chi connectivity index (χ3v) is 3.51. The van der Waals surface area contributed by atoms with Crippen LogP contribution in [0.4, 0.5) is 18.9 Å². The van der Waals surface area contributed by atoms with E-state index >= 15 is 0 Å². The fourth-order valence-corrected chi connectivity index (χ4v) is 2.19. The molecule has 0 aliphatic carbocycles. The summed E-state index contributed by atoms with van der Waals surface area (Å²) in [6.45, 7) is 0. The van der Waals surface area contributed by atoms with Gasteiger partial charge in [-0.25, -0.2) is 15.0 Å². The first-order chi connectivity index (χ1) is 12.8. The van der Waals surface area contributed by atoms with Crippen LogP contribution in [0.3, 0.4) is 0 Å². The Morgan fingerprint density at radius 2 is 2.00 bits per heavy atom. The van der Waals surface area contributed by atoms with Crippen molar-refractivity contribution in [3.05, 3.63) is 48.4 Å². The van der Waals surface area contributed by atoms with Crippen molar-refractivity contribution in [2.24, 2.45) is 7.05 Å². The molecule has 0 unspecified atom stereocenters. The van der Waals surface area contributed by atoms with Crippen molar-refractivity contribution in [2.45, 2.75) is 6.18 Å². The maximum absolute atomic E-state index is 12.6. The quantitative estimate of drug-likeness (QED) is 0.750. The van der Waals surface area contributed by atoms with Crippen LogP contribution in [0.15, 0.2) is 36.9 Å². The molecule has 0 aliphatic rings. The number of nitrogens with zero attached hydrogens (tertiary/aromatic N) is 5. The number of alkyl halides is 3. The number of anilines is 1. The maximum Gasteiger partial charge on any atom is 0.433 e. The number of hydrogen-bond acceptors (Lipinski definition) is 6. The maximum atomic E-state index is 12.6. The first kappa shape index (κ1) is 18.3. The minimum atomic E-state index is -4.56. The molecule has 0 saturated heterocycles. The lowest BCUT2D eigenvalue weighted by Crippen LogP contribution is -2.17. The molecule has 0 atom stereocenters. The van der Waals surface area contributed by atoms with Gasteiger partial charge in [-0.05, 0) is 12.1 Å². The summed E-state index contributed by atoms with van der Waals surface area (Å²) >= 11 is 0. The molecule has 1 amide bonds. The van der Waals surface area contributed by atoms with Gasteiger partial charge in [-0.1, -0.05) is 0 Å². The highest BCUT2D eigenvalue weighted by atomic mass is 19.4. The summed E-state index contributed by atoms with van der Waals surface area (Å²) < 4.78 is 44.4. The lowest BCUT2D eigenvalue weighted by molar-refractivity contribution is -0.141. The average Bonchev–Trinajstić information content (AvgIpc) is 3.07. The summed E-state index contributed by atoms with van der Waals surface area (Å²) in [7, 11) is 3.14. The summed E-state index contributed by atoms with van der Waals surface area (Å²) in [5, 5.41) is 2.40. The van der Waals surface area contributed by atoms with Crippen molar-refractivity contribution in [2.75, 3.05) is 12.4 Å². The van der Waals surface area contributed by atoms with Gasteiger partial charge < -0.3 is 14.6 Å². The number of imidazole rings is 1. The zero-order valence-corrected chi connectivity index (χ0v) is 14.2. The third kappa shape index (κ3) is 4.02. The fourth-order valence-electron chi connectivity index (χ4n) is 2.19. The number of aromatic nitrogens is 5. The number of amides is 1. The van der Waals surface area contributed by atoms with Crippen molar-refractivity contribution in [1.29, 1.82) is 0 Å². The predicted molar refractivity (Wildman–Crippen MR) is 88.0 cm³/mol. The Morgan fingerprint density at radius 3 is 2.56 bits per heavy atom. The molecule has 27 heavy (non-hydrogen) atoms. The van der Waals surface area contributed by atoms with Gasteiger partial charge in [-0.2, -0.15) is 18.2 Å². The first-order valence-electron chi connectivity index (χ1n) is 7.52. The van der Waals surface area contributed by atoms with E-state index in [2.05, 4.69) is 25.3 Å². The van der Waals surface area contributed by atoms with Crippen molar-refractivity contribution >= 4 is 11.6 Å². The summed E-state index contributed by atoms with van der Waals surface area (Å²) in [6.07, 6.45) is -0.528. The number of aryl methyl sites for hydroxylation is 1. The molecule has 0 spiro atoms. The summed E-state index contributed by atoms with van der Waals surface area (Å²) in [4.78, 5) is 27.8. The van der Waals surface area contributed by atoms with Gasteiger partial charge in [0.25, 0.3) is 5.91 Å². The largest absolute Gasteiger partial charge is 0.481 e. The van der Waals surface area contributed by atoms with E-state index in [0.717, 1.165) is 18.3 Å². The lowest BCUT2D eigenvalue weighted by Gasteiger charge is -2.09. The number of nitrogens with one attached hydrogen (secondary N) is 1. The molecule has 0 aromatic carbocycles. The summed E-state index contributed by atoms with van der Waals surface area (Å²) in [5.74, 6) is -0.791. The molecule has 3 aromatic heterocycles. The second kappa shape index (κ2) is 7.02. The van der Waals surface area contributed by atoms with E-state index in [1.807, 2.05) is 0 Å². The van der Waals surface area contributed by atoms with Gasteiger partial charge in [0, 0.05) is 13.1 Å². The SMILES string of the molecule is COc1cc(-c2cncn2C)nc(C(=O)Nc2ccc(C(F)(F)F)nc2)n1. The molecule has 11 heteroatoms. The number of pyridine rings is 1. The van der Waals surface area contributed by atoms with Gasteiger partial charge in [0.1, 0.15) is 5.69 Å². The molecule has 0 radical (unpaired) electrons. The molecule has 0 fully saturated rings. The van der Waals surface area contributed by atoms with E-state index in [4.69, 9.17) is 4.74 Å². The van der Waals surface area contributed by atoms with Crippen molar-refractivity contribution in [3.8, 4) is 17.3 Å². The molecule has 3 aromatic rings. The molecule has 3 heterocycles. The van der Waals surface area contributed by atoms with E-state index in [1.165, 1.54) is 13.2 Å². The number of carbonyl (C=O) groups excluding carboxylic acids is 1. The smallest absolute Gasteiger partial charge is 0.433 e. The molecule has 8 nitrogen and oxygen atoms in total. The van der Waals surface area contributed by atoms with Crippen LogP contribution >= 0.6 is 0 Å². The van der Waals surface area contributed by atoms with Crippen LogP contribution in [-0.4, -0.2) is 37.5 Å². The van der Waals surface area contributed by atoms with E-state index in [9.17, 15) is 18.0 Å². The van der Waals surface area contributed by atoms with Gasteiger partial charge in [0.05, 0.1) is 42.9 Å². The van der Waals surface area contributed by atoms with Crippen molar-refractivity contribution < 1.29 is 22.7 Å². The zero-order valence-electron chi connectivity index (χ0n) is 14.2. The van der Waals surface area contributed by atoms with E-state index < -0.39 is 17.8 Å². The Morgan fingerprint density at radius 1 is 1.22 bits per heavy atom. The minimum Gasteiger partial charge on any atom is -0.481 e. The van der Waals surface area contributed by atoms with Crippen LogP contribution in [-0.2, 0) is 13.2 Å². The fraction of sp³-hybridized carbons (Fsp3) is 0.188. The number of methoxy groups -OCH3 is 1. The lowest BCUT2D eigenvalue weighted by atomic mass is 10.3. The van der Waals surface area contributed by atoms with Gasteiger partial charge >= 0.3 is 6.18 Å². The second-order valence-corrected chi connectivity index (χ2v) is 5.39.